The topological polar surface area (TPSA) is 72.0 Å². The molecule has 2 aromatic heterocycles. The monoisotopic (exact) mass is 427 g/mol. The lowest BCUT2D eigenvalue weighted by atomic mass is 9.99. The number of aromatic nitrogens is 3. The zero-order chi connectivity index (χ0) is 20.9. The number of ether oxygens (including phenoxy) is 1. The van der Waals surface area contributed by atoms with E-state index in [0.717, 1.165) is 37.2 Å². The number of benzene rings is 1. The average molecular weight is 428 g/mol. The number of pyridine rings is 1. The van der Waals surface area contributed by atoms with Gasteiger partial charge in [-0.15, -0.1) is 0 Å². The Hall–Kier alpha value is -2.77. The summed E-state index contributed by atoms with van der Waals surface area (Å²) >= 11 is 6.05. The summed E-state index contributed by atoms with van der Waals surface area (Å²) in [5, 5.41) is 7.06. The molecule has 8 heteroatoms. The van der Waals surface area contributed by atoms with Gasteiger partial charge >= 0.3 is 0 Å². The minimum absolute atomic E-state index is 0.235. The molecule has 3 aromatic rings. The molecule has 1 aromatic carbocycles. The first kappa shape index (κ1) is 20.5. The molecule has 0 aliphatic carbocycles. The zero-order valence-corrected chi connectivity index (χ0v) is 17.4. The van der Waals surface area contributed by atoms with Crippen LogP contribution in [0.4, 0.5) is 15.9 Å². The normalized spacial score (nSPS) is 14.5. The van der Waals surface area contributed by atoms with Gasteiger partial charge in [0.1, 0.15) is 5.82 Å². The van der Waals surface area contributed by atoms with E-state index < -0.39 is 5.82 Å². The Morgan fingerprint density at radius 3 is 2.87 bits per heavy atom. The van der Waals surface area contributed by atoms with Crippen molar-refractivity contribution in [1.29, 1.82) is 0 Å². The van der Waals surface area contributed by atoms with Gasteiger partial charge in [-0.3, -0.25) is 4.98 Å². The van der Waals surface area contributed by atoms with Gasteiger partial charge in [-0.05, 0) is 68.6 Å². The van der Waals surface area contributed by atoms with Crippen LogP contribution in [0.1, 0.15) is 18.4 Å². The van der Waals surface area contributed by atoms with E-state index in [4.69, 9.17) is 16.3 Å². The van der Waals surface area contributed by atoms with Crippen molar-refractivity contribution in [2.45, 2.75) is 19.8 Å². The van der Waals surface area contributed by atoms with Crippen molar-refractivity contribution in [3.63, 3.8) is 0 Å². The fourth-order valence-electron chi connectivity index (χ4n) is 3.36. The Balaban J connectivity index is 1.66. The summed E-state index contributed by atoms with van der Waals surface area (Å²) in [5.41, 5.74) is 2.03. The van der Waals surface area contributed by atoms with Gasteiger partial charge in [0.2, 0.25) is 0 Å². The maximum Gasteiger partial charge on any atom is 0.180 e. The molecular formula is C22H23ClFN5O. The van der Waals surface area contributed by atoms with Crippen molar-refractivity contribution < 1.29 is 9.13 Å². The highest BCUT2D eigenvalue weighted by molar-refractivity contribution is 6.30. The molecule has 1 fully saturated rings. The molecule has 2 N–H and O–H groups in total. The Morgan fingerprint density at radius 2 is 2.07 bits per heavy atom. The Labute approximate surface area is 179 Å². The summed E-state index contributed by atoms with van der Waals surface area (Å²) in [6.45, 7) is 4.53. The number of nitrogens with one attached hydrogen (secondary N) is 2. The van der Waals surface area contributed by atoms with Crippen molar-refractivity contribution >= 4 is 23.1 Å². The zero-order valence-electron chi connectivity index (χ0n) is 16.7. The van der Waals surface area contributed by atoms with Crippen molar-refractivity contribution in [2.24, 2.45) is 5.92 Å². The van der Waals surface area contributed by atoms with E-state index in [1.54, 1.807) is 18.6 Å². The van der Waals surface area contributed by atoms with Crippen LogP contribution in [-0.2, 0) is 0 Å². The molecule has 4 rings (SSSR count). The second-order valence-corrected chi connectivity index (χ2v) is 7.79. The van der Waals surface area contributed by atoms with Gasteiger partial charge in [0, 0.05) is 23.1 Å². The van der Waals surface area contributed by atoms with E-state index in [9.17, 15) is 4.39 Å². The van der Waals surface area contributed by atoms with Gasteiger partial charge in [-0.1, -0.05) is 11.6 Å². The summed E-state index contributed by atoms with van der Waals surface area (Å²) in [5.74, 6) is 1.28. The molecule has 0 radical (unpaired) electrons. The highest BCUT2D eigenvalue weighted by Gasteiger charge is 2.18. The fraction of sp³-hybridized carbons (Fsp3) is 0.318. The maximum atomic E-state index is 14.4. The van der Waals surface area contributed by atoms with E-state index in [-0.39, 0.29) is 11.4 Å². The Kier molecular flexibility index (Phi) is 6.40. The third-order valence-electron chi connectivity index (χ3n) is 5.13. The minimum atomic E-state index is -0.436. The molecule has 0 atom stereocenters. The fourth-order valence-corrected chi connectivity index (χ4v) is 3.53. The molecule has 156 valence electrons. The third kappa shape index (κ3) is 4.86. The van der Waals surface area contributed by atoms with Crippen molar-refractivity contribution in [3.8, 4) is 17.1 Å². The van der Waals surface area contributed by atoms with Crippen LogP contribution in [0.2, 0.25) is 5.02 Å². The van der Waals surface area contributed by atoms with Crippen LogP contribution in [0, 0.1) is 18.7 Å². The number of nitrogens with zero attached hydrogens (tertiary/aromatic N) is 3. The molecular weight excluding hydrogens is 405 g/mol. The first-order valence-corrected chi connectivity index (χ1v) is 10.3. The lowest BCUT2D eigenvalue weighted by Crippen LogP contribution is -2.30. The van der Waals surface area contributed by atoms with E-state index in [0.29, 0.717) is 29.1 Å². The number of piperidine rings is 1. The summed E-state index contributed by atoms with van der Waals surface area (Å²) in [4.78, 5) is 13.0. The van der Waals surface area contributed by atoms with Crippen LogP contribution in [-0.4, -0.2) is 34.6 Å². The number of halogens is 2. The number of hydrogen-bond donors (Lipinski definition) is 2. The summed E-state index contributed by atoms with van der Waals surface area (Å²) < 4.78 is 20.4. The van der Waals surface area contributed by atoms with Gasteiger partial charge in [0.25, 0.3) is 0 Å². The molecule has 0 bridgehead atoms. The van der Waals surface area contributed by atoms with Gasteiger partial charge in [-0.2, -0.15) is 0 Å². The second kappa shape index (κ2) is 9.36. The molecule has 3 heterocycles. The quantitative estimate of drug-likeness (QED) is 0.590. The highest BCUT2D eigenvalue weighted by Crippen LogP contribution is 2.31. The first-order valence-electron chi connectivity index (χ1n) is 9.94. The highest BCUT2D eigenvalue weighted by atomic mass is 35.5. The van der Waals surface area contributed by atoms with Crippen LogP contribution in [0.15, 0.2) is 42.9 Å². The third-order valence-corrected chi connectivity index (χ3v) is 5.37. The standard InChI is InChI=1S/C22H23ClFN5O/c1-14-11-26-9-6-19(14)28-22-20(30-13-15-4-7-25-8-5-15)12-27-21(29-22)17-10-16(23)2-3-18(17)24/h2-3,6,9-12,15,25H,4-5,7-8,13H2,1H3,(H,26,27,28,29). The lowest BCUT2D eigenvalue weighted by Gasteiger charge is -2.23. The summed E-state index contributed by atoms with van der Waals surface area (Å²) in [6.07, 6.45) is 7.18. The van der Waals surface area contributed by atoms with Crippen LogP contribution < -0.4 is 15.4 Å². The SMILES string of the molecule is Cc1cnccc1Nc1nc(-c2cc(Cl)ccc2F)ncc1OCC1CCNCC1. The number of rotatable bonds is 6. The van der Waals surface area contributed by atoms with Crippen LogP contribution in [0.3, 0.4) is 0 Å². The van der Waals surface area contributed by atoms with E-state index in [2.05, 4.69) is 25.6 Å². The Bertz CT molecular complexity index is 1030. The van der Waals surface area contributed by atoms with Gasteiger partial charge in [-0.25, -0.2) is 14.4 Å². The molecule has 0 amide bonds. The number of aryl methyl sites for hydroxylation is 1. The Morgan fingerprint density at radius 1 is 1.23 bits per heavy atom. The van der Waals surface area contributed by atoms with E-state index in [1.807, 2.05) is 13.0 Å². The van der Waals surface area contributed by atoms with Gasteiger partial charge in [0.15, 0.2) is 17.4 Å². The summed E-state index contributed by atoms with van der Waals surface area (Å²) in [7, 11) is 0. The van der Waals surface area contributed by atoms with Crippen molar-refractivity contribution in [3.05, 3.63) is 59.3 Å². The molecule has 0 unspecified atom stereocenters. The average Bonchev–Trinajstić information content (AvgIpc) is 2.77. The largest absolute Gasteiger partial charge is 0.488 e. The van der Waals surface area contributed by atoms with Crippen LogP contribution in [0.25, 0.3) is 11.4 Å². The van der Waals surface area contributed by atoms with Gasteiger partial charge in [0.05, 0.1) is 18.4 Å². The number of hydrogen-bond acceptors (Lipinski definition) is 6. The van der Waals surface area contributed by atoms with E-state index in [1.165, 1.54) is 18.2 Å². The second-order valence-electron chi connectivity index (χ2n) is 7.35. The first-order chi connectivity index (χ1) is 14.6. The van der Waals surface area contributed by atoms with Crippen molar-refractivity contribution in [1.82, 2.24) is 20.3 Å². The summed E-state index contributed by atoms with van der Waals surface area (Å²) in [6, 6.07) is 6.18. The molecule has 0 saturated carbocycles. The predicted octanol–water partition coefficient (Wildman–Crippen LogP) is 4.76. The van der Waals surface area contributed by atoms with Crippen LogP contribution >= 0.6 is 11.6 Å². The van der Waals surface area contributed by atoms with Crippen LogP contribution in [0.5, 0.6) is 5.75 Å². The number of anilines is 2. The van der Waals surface area contributed by atoms with Crippen molar-refractivity contribution in [2.75, 3.05) is 25.0 Å². The molecule has 0 spiro atoms. The molecule has 1 aliphatic heterocycles. The lowest BCUT2D eigenvalue weighted by molar-refractivity contribution is 0.215. The maximum absolute atomic E-state index is 14.4. The molecule has 1 aliphatic rings. The predicted molar refractivity (Wildman–Crippen MR) is 116 cm³/mol. The smallest absolute Gasteiger partial charge is 0.180 e. The molecule has 30 heavy (non-hydrogen) atoms. The van der Waals surface area contributed by atoms with E-state index >= 15 is 0 Å². The minimum Gasteiger partial charge on any atom is -0.488 e. The molecule has 6 nitrogen and oxygen atoms in total. The van der Waals surface area contributed by atoms with Gasteiger partial charge < -0.3 is 15.4 Å². The molecule has 1 saturated heterocycles.